The van der Waals surface area contributed by atoms with E-state index < -0.39 is 0 Å². The molecule has 4 atom stereocenters. The molecule has 5 rings (SSSR count). The van der Waals surface area contributed by atoms with Gasteiger partial charge >= 0.3 is 0 Å². The number of hydrogen-bond acceptors (Lipinski definition) is 0. The molecule has 1 saturated heterocycles. The molecule has 0 amide bonds. The fourth-order valence-electron chi connectivity index (χ4n) is 8.95. The van der Waals surface area contributed by atoms with Crippen LogP contribution in [0, 0.1) is 41.5 Å². The molecule has 2 heteroatoms. The molecule has 0 nitrogen and oxygen atoms in total. The molecule has 2 saturated carbocycles. The van der Waals surface area contributed by atoms with Crippen LogP contribution in [0.3, 0.4) is 0 Å². The van der Waals surface area contributed by atoms with Crippen molar-refractivity contribution < 1.29 is 0 Å². The van der Waals surface area contributed by atoms with Crippen molar-refractivity contribution in [3.05, 3.63) is 69.2 Å². The van der Waals surface area contributed by atoms with Gasteiger partial charge in [-0.2, -0.15) is 0 Å². The molecule has 34 heavy (non-hydrogen) atoms. The summed E-state index contributed by atoms with van der Waals surface area (Å²) in [5.41, 5.74) is 12.0. The van der Waals surface area contributed by atoms with Crippen molar-refractivity contribution in [2.75, 3.05) is 0 Å². The Balaban J connectivity index is 1.56. The second kappa shape index (κ2) is 9.75. The van der Waals surface area contributed by atoms with Gasteiger partial charge in [0.25, 0.3) is 0 Å². The highest BCUT2D eigenvalue weighted by Crippen LogP contribution is 2.60. The van der Waals surface area contributed by atoms with E-state index in [4.69, 9.17) is 0 Å². The first-order valence-corrected chi connectivity index (χ1v) is 14.2. The molecule has 0 bridgehead atoms. The number of fused-ring (bicyclic) bond motifs is 2. The molecule has 0 N–H and O–H groups in total. The average molecular weight is 450 g/mol. The van der Waals surface area contributed by atoms with Gasteiger partial charge in [-0.3, -0.25) is 0 Å². The second-order valence-corrected chi connectivity index (χ2v) is 12.3. The highest BCUT2D eigenvalue weighted by atomic mass is 14.4. The molecule has 1 aliphatic heterocycles. The lowest BCUT2D eigenvalue weighted by molar-refractivity contribution is 0.426. The van der Waals surface area contributed by atoms with Gasteiger partial charge in [-0.15, -0.1) is 5.98 Å². The summed E-state index contributed by atoms with van der Waals surface area (Å²) in [5.74, 6) is 6.16. The van der Waals surface area contributed by atoms with E-state index in [0.29, 0.717) is 0 Å². The predicted octanol–water partition coefficient (Wildman–Crippen LogP) is 8.63. The summed E-state index contributed by atoms with van der Waals surface area (Å²) >= 11 is 0. The zero-order valence-corrected chi connectivity index (χ0v) is 22.6. The standard InChI is InChI=1S/C32H44B2/c1-21-17-23(3)27(24(4)18-21)15-16-33-28-11-7-9-13-30(28)34(31-14-10-8-12-29(31)33)32-25(5)19-22(2)20-26(32)6/h15-20,28-31H,7-14H2,1-6H3/b16-15+. The van der Waals surface area contributed by atoms with Gasteiger partial charge in [0.2, 0.25) is 0 Å². The molecular weight excluding hydrogens is 406 g/mol. The van der Waals surface area contributed by atoms with E-state index in [2.05, 4.69) is 77.9 Å². The van der Waals surface area contributed by atoms with Crippen LogP contribution in [0.25, 0.3) is 6.08 Å². The third-order valence-electron chi connectivity index (χ3n) is 9.96. The zero-order valence-electron chi connectivity index (χ0n) is 22.6. The molecule has 3 aliphatic rings. The van der Waals surface area contributed by atoms with Crippen molar-refractivity contribution in [2.24, 2.45) is 0 Å². The summed E-state index contributed by atoms with van der Waals surface area (Å²) in [7, 11) is 0. The van der Waals surface area contributed by atoms with Gasteiger partial charge in [-0.25, -0.2) is 0 Å². The summed E-state index contributed by atoms with van der Waals surface area (Å²) in [6.07, 6.45) is 14.0. The average Bonchev–Trinajstić information content (AvgIpc) is 2.78. The van der Waals surface area contributed by atoms with Crippen molar-refractivity contribution >= 4 is 25.0 Å². The van der Waals surface area contributed by atoms with E-state index in [1.54, 1.807) is 16.6 Å². The Morgan fingerprint density at radius 3 is 1.47 bits per heavy atom. The van der Waals surface area contributed by atoms with Gasteiger partial charge in [0.1, 0.15) is 0 Å². The van der Waals surface area contributed by atoms with E-state index in [1.165, 1.54) is 79.2 Å². The molecule has 2 aromatic rings. The summed E-state index contributed by atoms with van der Waals surface area (Å²) in [4.78, 5) is 0. The second-order valence-electron chi connectivity index (χ2n) is 12.3. The summed E-state index contributed by atoms with van der Waals surface area (Å²) in [6, 6.07) is 9.65. The first-order valence-electron chi connectivity index (χ1n) is 14.2. The molecule has 0 spiro atoms. The van der Waals surface area contributed by atoms with Crippen LogP contribution in [0.15, 0.2) is 30.2 Å². The lowest BCUT2D eigenvalue weighted by Crippen LogP contribution is -2.54. The fourth-order valence-corrected chi connectivity index (χ4v) is 8.95. The summed E-state index contributed by atoms with van der Waals surface area (Å²) in [5, 5.41) is 0. The third-order valence-corrected chi connectivity index (χ3v) is 9.96. The van der Waals surface area contributed by atoms with Crippen LogP contribution in [0.5, 0.6) is 0 Å². The van der Waals surface area contributed by atoms with Crippen molar-refractivity contribution in [3.8, 4) is 0 Å². The lowest BCUT2D eigenvalue weighted by Gasteiger charge is -2.53. The minimum atomic E-state index is 0.762. The monoisotopic (exact) mass is 450 g/mol. The van der Waals surface area contributed by atoms with Gasteiger partial charge < -0.3 is 0 Å². The number of aryl methyl sites for hydroxylation is 6. The largest absolute Gasteiger partial charge is 0.182 e. The molecule has 0 aromatic heterocycles. The molecule has 3 fully saturated rings. The topological polar surface area (TPSA) is 0 Å². The van der Waals surface area contributed by atoms with Crippen molar-refractivity contribution in [1.82, 2.24) is 0 Å². The lowest BCUT2D eigenvalue weighted by atomic mass is 9.09. The van der Waals surface area contributed by atoms with Crippen LogP contribution in [0.2, 0.25) is 23.3 Å². The van der Waals surface area contributed by atoms with Crippen molar-refractivity contribution in [2.45, 2.75) is 116 Å². The van der Waals surface area contributed by atoms with E-state index in [0.717, 1.165) is 36.7 Å². The maximum Gasteiger partial charge on any atom is 0.182 e. The number of hydrogen-bond donors (Lipinski definition) is 0. The van der Waals surface area contributed by atoms with Crippen LogP contribution >= 0.6 is 0 Å². The summed E-state index contributed by atoms with van der Waals surface area (Å²) < 4.78 is 0. The Kier molecular flexibility index (Phi) is 6.89. The van der Waals surface area contributed by atoms with Crippen LogP contribution in [-0.4, -0.2) is 13.4 Å². The first kappa shape index (κ1) is 24.0. The van der Waals surface area contributed by atoms with Gasteiger partial charge in [0, 0.05) is 0 Å². The van der Waals surface area contributed by atoms with E-state index in [1.807, 2.05) is 0 Å². The van der Waals surface area contributed by atoms with Gasteiger partial charge in [0.15, 0.2) is 13.4 Å². The molecule has 178 valence electrons. The minimum Gasteiger partial charge on any atom is -0.114 e. The smallest absolute Gasteiger partial charge is 0.114 e. The SMILES string of the molecule is Cc1cc(C)c(/C=C/B2C3CCCCC3B(c3c(C)cc(C)cc3C)C3CCCCC23)c(C)c1. The molecular formula is C32H44B2. The van der Waals surface area contributed by atoms with Crippen molar-refractivity contribution in [1.29, 1.82) is 0 Å². The third kappa shape index (κ3) is 4.36. The molecule has 2 aromatic carbocycles. The van der Waals surface area contributed by atoms with Crippen LogP contribution in [0.4, 0.5) is 0 Å². The first-order chi connectivity index (χ1) is 16.3. The van der Waals surface area contributed by atoms with Crippen LogP contribution < -0.4 is 5.46 Å². The zero-order chi connectivity index (χ0) is 24.0. The van der Waals surface area contributed by atoms with E-state index >= 15 is 0 Å². The van der Waals surface area contributed by atoms with Gasteiger partial charge in [-0.1, -0.05) is 133 Å². The highest BCUT2D eigenvalue weighted by molar-refractivity contribution is 6.84. The summed E-state index contributed by atoms with van der Waals surface area (Å²) in [6.45, 7) is 15.4. The Morgan fingerprint density at radius 2 is 1.00 bits per heavy atom. The Morgan fingerprint density at radius 1 is 0.588 bits per heavy atom. The Hall–Kier alpha value is -1.69. The van der Waals surface area contributed by atoms with Crippen LogP contribution in [0.1, 0.15) is 90.3 Å². The Labute approximate surface area is 210 Å². The molecule has 0 radical (unpaired) electrons. The normalized spacial score (nSPS) is 27.1. The maximum absolute atomic E-state index is 2.71. The predicted molar refractivity (Wildman–Crippen MR) is 153 cm³/mol. The number of benzene rings is 2. The molecule has 4 unspecified atom stereocenters. The fraction of sp³-hybridized carbons (Fsp3) is 0.562. The number of rotatable bonds is 3. The van der Waals surface area contributed by atoms with E-state index in [9.17, 15) is 0 Å². The van der Waals surface area contributed by atoms with Crippen molar-refractivity contribution in [3.63, 3.8) is 0 Å². The van der Waals surface area contributed by atoms with Gasteiger partial charge in [0.05, 0.1) is 0 Å². The van der Waals surface area contributed by atoms with Crippen LogP contribution in [-0.2, 0) is 0 Å². The molecule has 2 aliphatic carbocycles. The maximum atomic E-state index is 2.71. The van der Waals surface area contributed by atoms with Gasteiger partial charge in [-0.05, 0) is 58.2 Å². The molecule has 1 heterocycles. The Bertz CT molecular complexity index is 1010. The quantitative estimate of drug-likeness (QED) is 0.411. The highest BCUT2D eigenvalue weighted by Gasteiger charge is 2.54. The van der Waals surface area contributed by atoms with E-state index in [-0.39, 0.29) is 0 Å². The minimum absolute atomic E-state index is 0.762.